The summed E-state index contributed by atoms with van der Waals surface area (Å²) < 4.78 is 25.1. The predicted octanol–water partition coefficient (Wildman–Crippen LogP) is 2.39. The average Bonchev–Trinajstić information content (AvgIpc) is 2.01. The molecule has 1 rings (SSSR count). The third-order valence-corrected chi connectivity index (χ3v) is 2.19. The molecular formula is C8H9ClNO2S-. The molecule has 72 valence electrons. The lowest BCUT2D eigenvalue weighted by Crippen LogP contribution is -1.90. The molecule has 13 heavy (non-hydrogen) atoms. The summed E-state index contributed by atoms with van der Waals surface area (Å²) in [5, 5.41) is 0. The summed E-state index contributed by atoms with van der Waals surface area (Å²) in [6.45, 7) is 0. The summed E-state index contributed by atoms with van der Waals surface area (Å²) in [7, 11) is -3.32. The van der Waals surface area contributed by atoms with Gasteiger partial charge in [0.1, 0.15) is 0 Å². The normalized spacial score (nSPS) is 11.2. The summed E-state index contributed by atoms with van der Waals surface area (Å²) in [4.78, 5) is 0. The molecule has 0 atom stereocenters. The van der Waals surface area contributed by atoms with E-state index in [1.165, 1.54) is 0 Å². The van der Waals surface area contributed by atoms with Gasteiger partial charge in [-0.3, -0.25) is 0 Å². The van der Waals surface area contributed by atoms with Crippen LogP contribution in [-0.4, -0.2) is 14.7 Å². The highest BCUT2D eigenvalue weighted by Gasteiger charge is 1.90. The van der Waals surface area contributed by atoms with Gasteiger partial charge in [0.15, 0.2) is 0 Å². The molecule has 0 radical (unpaired) electrons. The Morgan fingerprint density at radius 1 is 1.46 bits per heavy atom. The first-order valence-electron chi connectivity index (χ1n) is 3.59. The van der Waals surface area contributed by atoms with Crippen molar-refractivity contribution in [1.82, 2.24) is 0 Å². The van der Waals surface area contributed by atoms with Crippen molar-refractivity contribution in [2.75, 3.05) is 6.26 Å². The quantitative estimate of drug-likeness (QED) is 0.732. The maximum atomic E-state index is 10.8. The summed E-state index contributed by atoms with van der Waals surface area (Å²) in [6, 6.07) is 6.81. The van der Waals surface area contributed by atoms with Crippen LogP contribution in [0.5, 0.6) is 0 Å². The SMILES string of the molecule is CS(=O)(=O)[N-]c1cccc(CCl)c1. The van der Waals surface area contributed by atoms with E-state index in [0.29, 0.717) is 11.6 Å². The van der Waals surface area contributed by atoms with Crippen molar-refractivity contribution in [2.45, 2.75) is 5.88 Å². The number of halogens is 1. The molecule has 0 amide bonds. The van der Waals surface area contributed by atoms with Crippen LogP contribution in [-0.2, 0) is 15.9 Å². The van der Waals surface area contributed by atoms with Crippen molar-refractivity contribution >= 4 is 27.3 Å². The molecule has 0 bridgehead atoms. The second-order valence-electron chi connectivity index (χ2n) is 2.63. The second-order valence-corrected chi connectivity index (χ2v) is 4.54. The second kappa shape index (κ2) is 3.98. The van der Waals surface area contributed by atoms with Gasteiger partial charge in [0, 0.05) is 12.1 Å². The van der Waals surface area contributed by atoms with Crippen molar-refractivity contribution in [3.63, 3.8) is 0 Å². The average molecular weight is 219 g/mol. The van der Waals surface area contributed by atoms with Gasteiger partial charge >= 0.3 is 0 Å². The molecular weight excluding hydrogens is 210 g/mol. The molecule has 0 spiro atoms. The van der Waals surface area contributed by atoms with Crippen LogP contribution < -0.4 is 0 Å². The number of nitrogens with zero attached hydrogens (tertiary/aromatic N) is 1. The Kier molecular flexibility index (Phi) is 3.17. The summed E-state index contributed by atoms with van der Waals surface area (Å²) >= 11 is 5.58. The Bertz CT molecular complexity index is 389. The zero-order valence-corrected chi connectivity index (χ0v) is 8.64. The number of sulfonamides is 1. The first-order valence-corrected chi connectivity index (χ1v) is 5.97. The van der Waals surface area contributed by atoms with E-state index in [4.69, 9.17) is 11.6 Å². The number of hydrogen-bond acceptors (Lipinski definition) is 2. The third-order valence-electron chi connectivity index (χ3n) is 1.34. The van der Waals surface area contributed by atoms with Gasteiger partial charge in [-0.1, -0.05) is 24.3 Å². The Morgan fingerprint density at radius 3 is 2.69 bits per heavy atom. The number of hydrogen-bond donors (Lipinski definition) is 0. The molecule has 0 unspecified atom stereocenters. The van der Waals surface area contributed by atoms with E-state index in [2.05, 4.69) is 4.72 Å². The lowest BCUT2D eigenvalue weighted by Gasteiger charge is -2.18. The minimum Gasteiger partial charge on any atom is -0.577 e. The van der Waals surface area contributed by atoms with Crippen LogP contribution in [0.25, 0.3) is 4.72 Å². The molecule has 0 saturated heterocycles. The molecule has 0 aliphatic rings. The van der Waals surface area contributed by atoms with Crippen LogP contribution in [0, 0.1) is 0 Å². The van der Waals surface area contributed by atoms with Crippen LogP contribution >= 0.6 is 11.6 Å². The summed E-state index contributed by atoms with van der Waals surface area (Å²) in [5.41, 5.74) is 1.27. The molecule has 0 aromatic heterocycles. The van der Waals surface area contributed by atoms with Gasteiger partial charge in [-0.2, -0.15) is 0 Å². The molecule has 0 heterocycles. The van der Waals surface area contributed by atoms with Gasteiger partial charge in [-0.05, 0) is 5.56 Å². The molecule has 1 aromatic carbocycles. The van der Waals surface area contributed by atoms with Crippen LogP contribution in [0.15, 0.2) is 24.3 Å². The smallest absolute Gasteiger partial charge is 0.0908 e. The van der Waals surface area contributed by atoms with Gasteiger partial charge in [0.25, 0.3) is 0 Å². The monoisotopic (exact) mass is 218 g/mol. The largest absolute Gasteiger partial charge is 0.577 e. The fraction of sp³-hybridized carbons (Fsp3) is 0.250. The fourth-order valence-corrected chi connectivity index (χ4v) is 1.55. The first-order chi connectivity index (χ1) is 6.01. The van der Waals surface area contributed by atoms with Crippen LogP contribution in [0.3, 0.4) is 0 Å². The van der Waals surface area contributed by atoms with E-state index >= 15 is 0 Å². The Morgan fingerprint density at radius 2 is 2.15 bits per heavy atom. The molecule has 0 saturated carbocycles. The van der Waals surface area contributed by atoms with Gasteiger partial charge in [0.2, 0.25) is 0 Å². The van der Waals surface area contributed by atoms with Crippen LogP contribution in [0.4, 0.5) is 5.69 Å². The molecule has 0 fully saturated rings. The van der Waals surface area contributed by atoms with Gasteiger partial charge in [-0.25, -0.2) is 8.42 Å². The van der Waals surface area contributed by atoms with Gasteiger partial charge < -0.3 is 4.72 Å². The van der Waals surface area contributed by atoms with E-state index in [0.717, 1.165) is 11.8 Å². The zero-order chi connectivity index (χ0) is 9.90. The van der Waals surface area contributed by atoms with Gasteiger partial charge in [-0.15, -0.1) is 17.3 Å². The lowest BCUT2D eigenvalue weighted by molar-refractivity contribution is 0.609. The van der Waals surface area contributed by atoms with Crippen molar-refractivity contribution < 1.29 is 8.42 Å². The van der Waals surface area contributed by atoms with Crippen molar-refractivity contribution in [2.24, 2.45) is 0 Å². The molecule has 5 heteroatoms. The predicted molar refractivity (Wildman–Crippen MR) is 53.9 cm³/mol. The number of alkyl halides is 1. The minimum atomic E-state index is -3.32. The van der Waals surface area contributed by atoms with Crippen molar-refractivity contribution in [1.29, 1.82) is 0 Å². The minimum absolute atomic E-state index is 0.354. The summed E-state index contributed by atoms with van der Waals surface area (Å²) in [6.07, 6.45) is 1.06. The lowest BCUT2D eigenvalue weighted by atomic mass is 10.2. The Balaban J connectivity index is 2.90. The van der Waals surface area contributed by atoms with Gasteiger partial charge in [0.05, 0.1) is 10.0 Å². The van der Waals surface area contributed by atoms with Crippen molar-refractivity contribution in [3.8, 4) is 0 Å². The van der Waals surface area contributed by atoms with Crippen molar-refractivity contribution in [3.05, 3.63) is 34.6 Å². The van der Waals surface area contributed by atoms with Crippen LogP contribution in [0.1, 0.15) is 5.56 Å². The van der Waals surface area contributed by atoms with E-state index in [9.17, 15) is 8.42 Å². The standard InChI is InChI=1S/C8H9ClNO2S/c1-13(11,12)10-8-4-2-3-7(5-8)6-9/h2-5H,6H2,1H3/q-1. The molecule has 0 N–H and O–H groups in total. The van der Waals surface area contributed by atoms with Crippen LogP contribution in [0.2, 0.25) is 0 Å². The molecule has 0 aliphatic heterocycles. The van der Waals surface area contributed by atoms with E-state index in [1.54, 1.807) is 18.2 Å². The van der Waals surface area contributed by atoms with E-state index in [1.807, 2.05) is 6.07 Å². The Hall–Kier alpha value is -0.740. The highest BCUT2D eigenvalue weighted by molar-refractivity contribution is 7.93. The topological polar surface area (TPSA) is 48.2 Å². The Labute approximate surface area is 82.8 Å². The third kappa shape index (κ3) is 3.65. The molecule has 1 aromatic rings. The maximum absolute atomic E-state index is 10.8. The maximum Gasteiger partial charge on any atom is 0.0908 e. The number of rotatable bonds is 3. The fourth-order valence-electron chi connectivity index (χ4n) is 0.888. The first kappa shape index (κ1) is 10.3. The highest BCUT2D eigenvalue weighted by Crippen LogP contribution is 2.22. The molecule has 0 aliphatic carbocycles. The van der Waals surface area contributed by atoms with E-state index in [-0.39, 0.29) is 0 Å². The van der Waals surface area contributed by atoms with E-state index < -0.39 is 10.0 Å². The highest BCUT2D eigenvalue weighted by atomic mass is 35.5. The zero-order valence-electron chi connectivity index (χ0n) is 7.07. The molecule has 3 nitrogen and oxygen atoms in total. The summed E-state index contributed by atoms with van der Waals surface area (Å²) in [5.74, 6) is 0.354. The number of benzene rings is 1.